The molecule has 0 atom stereocenters. The highest BCUT2D eigenvalue weighted by Gasteiger charge is 2.11. The van der Waals surface area contributed by atoms with E-state index in [1.165, 1.54) is 5.56 Å². The van der Waals surface area contributed by atoms with Crippen molar-refractivity contribution in [2.24, 2.45) is 0 Å². The first kappa shape index (κ1) is 12.1. The molecule has 0 fully saturated rings. The number of hydrogen-bond acceptors (Lipinski definition) is 3. The third-order valence-electron chi connectivity index (χ3n) is 2.59. The SMILES string of the molecule is Cc1cccnc1CN(CCO)C(C)C. The van der Waals surface area contributed by atoms with Gasteiger partial charge in [0, 0.05) is 25.3 Å². The van der Waals surface area contributed by atoms with Gasteiger partial charge in [0.2, 0.25) is 0 Å². The van der Waals surface area contributed by atoms with Gasteiger partial charge in [0.15, 0.2) is 0 Å². The monoisotopic (exact) mass is 208 g/mol. The molecule has 1 aromatic rings. The first-order valence-corrected chi connectivity index (χ1v) is 5.40. The normalized spacial score (nSPS) is 11.3. The number of hydrogen-bond donors (Lipinski definition) is 1. The van der Waals surface area contributed by atoms with Gasteiger partial charge in [0.05, 0.1) is 12.3 Å². The summed E-state index contributed by atoms with van der Waals surface area (Å²) < 4.78 is 0. The molecule has 15 heavy (non-hydrogen) atoms. The zero-order valence-corrected chi connectivity index (χ0v) is 9.77. The van der Waals surface area contributed by atoms with E-state index in [0.717, 1.165) is 12.2 Å². The predicted octanol–water partition coefficient (Wildman–Crippen LogP) is 1.59. The van der Waals surface area contributed by atoms with Gasteiger partial charge in [-0.15, -0.1) is 0 Å². The molecule has 0 saturated carbocycles. The standard InChI is InChI=1S/C12H20N2O/c1-10(2)14(7-8-15)9-12-11(3)5-4-6-13-12/h4-6,10,15H,7-9H2,1-3H3. The summed E-state index contributed by atoms with van der Waals surface area (Å²) in [5.74, 6) is 0. The Morgan fingerprint density at radius 1 is 1.47 bits per heavy atom. The van der Waals surface area contributed by atoms with E-state index < -0.39 is 0 Å². The van der Waals surface area contributed by atoms with E-state index >= 15 is 0 Å². The number of rotatable bonds is 5. The van der Waals surface area contributed by atoms with Crippen LogP contribution in [-0.4, -0.2) is 34.2 Å². The van der Waals surface area contributed by atoms with Crippen molar-refractivity contribution in [2.45, 2.75) is 33.4 Å². The zero-order valence-electron chi connectivity index (χ0n) is 9.77. The quantitative estimate of drug-likeness (QED) is 0.798. The van der Waals surface area contributed by atoms with Crippen LogP contribution in [0.2, 0.25) is 0 Å². The van der Waals surface area contributed by atoms with E-state index in [2.05, 4.69) is 36.7 Å². The molecule has 84 valence electrons. The summed E-state index contributed by atoms with van der Waals surface area (Å²) in [4.78, 5) is 6.58. The summed E-state index contributed by atoms with van der Waals surface area (Å²) in [5.41, 5.74) is 2.31. The van der Waals surface area contributed by atoms with E-state index in [1.807, 2.05) is 12.3 Å². The molecular weight excluding hydrogens is 188 g/mol. The average Bonchev–Trinajstić information content (AvgIpc) is 2.20. The largest absolute Gasteiger partial charge is 0.395 e. The lowest BCUT2D eigenvalue weighted by Gasteiger charge is -2.25. The van der Waals surface area contributed by atoms with E-state index in [9.17, 15) is 0 Å². The number of pyridine rings is 1. The van der Waals surface area contributed by atoms with Gasteiger partial charge in [-0.25, -0.2) is 0 Å². The molecule has 0 aliphatic heterocycles. The summed E-state index contributed by atoms with van der Waals surface area (Å²) in [6.07, 6.45) is 1.82. The van der Waals surface area contributed by atoms with Crippen molar-refractivity contribution < 1.29 is 5.11 Å². The number of aryl methyl sites for hydroxylation is 1. The fourth-order valence-electron chi connectivity index (χ4n) is 1.52. The van der Waals surface area contributed by atoms with E-state index in [0.29, 0.717) is 12.6 Å². The maximum atomic E-state index is 8.97. The Kier molecular flexibility index (Phi) is 4.72. The minimum atomic E-state index is 0.198. The van der Waals surface area contributed by atoms with Gasteiger partial charge in [-0.1, -0.05) is 6.07 Å². The fraction of sp³-hybridized carbons (Fsp3) is 0.583. The lowest BCUT2D eigenvalue weighted by Crippen LogP contribution is -2.33. The van der Waals surface area contributed by atoms with Gasteiger partial charge >= 0.3 is 0 Å². The van der Waals surface area contributed by atoms with Crippen LogP contribution >= 0.6 is 0 Å². The smallest absolute Gasteiger partial charge is 0.0573 e. The second kappa shape index (κ2) is 5.83. The summed E-state index contributed by atoms with van der Waals surface area (Å²) >= 11 is 0. The van der Waals surface area contributed by atoms with Crippen LogP contribution in [0.4, 0.5) is 0 Å². The second-order valence-corrected chi connectivity index (χ2v) is 4.05. The fourth-order valence-corrected chi connectivity index (χ4v) is 1.52. The Hall–Kier alpha value is -0.930. The van der Waals surface area contributed by atoms with Gasteiger partial charge in [-0.05, 0) is 32.4 Å². The second-order valence-electron chi connectivity index (χ2n) is 4.05. The van der Waals surface area contributed by atoms with Crippen molar-refractivity contribution in [2.75, 3.05) is 13.2 Å². The lowest BCUT2D eigenvalue weighted by atomic mass is 10.2. The lowest BCUT2D eigenvalue weighted by molar-refractivity contribution is 0.157. The van der Waals surface area contributed by atoms with Crippen molar-refractivity contribution in [3.05, 3.63) is 29.6 Å². The molecule has 0 aliphatic rings. The predicted molar refractivity (Wildman–Crippen MR) is 61.6 cm³/mol. The molecule has 0 aromatic carbocycles. The van der Waals surface area contributed by atoms with Crippen LogP contribution in [0.15, 0.2) is 18.3 Å². The molecule has 1 rings (SSSR count). The molecular formula is C12H20N2O. The molecule has 0 aliphatic carbocycles. The molecule has 3 heteroatoms. The van der Waals surface area contributed by atoms with Crippen molar-refractivity contribution in [3.63, 3.8) is 0 Å². The molecule has 1 heterocycles. The topological polar surface area (TPSA) is 36.4 Å². The summed E-state index contributed by atoms with van der Waals surface area (Å²) in [7, 11) is 0. The minimum Gasteiger partial charge on any atom is -0.395 e. The highest BCUT2D eigenvalue weighted by Crippen LogP contribution is 2.09. The third-order valence-corrected chi connectivity index (χ3v) is 2.59. The van der Waals surface area contributed by atoms with E-state index in [4.69, 9.17) is 5.11 Å². The third kappa shape index (κ3) is 3.61. The van der Waals surface area contributed by atoms with Gasteiger partial charge in [-0.2, -0.15) is 0 Å². The van der Waals surface area contributed by atoms with Crippen LogP contribution in [-0.2, 0) is 6.54 Å². The van der Waals surface area contributed by atoms with Crippen molar-refractivity contribution in [3.8, 4) is 0 Å². The maximum absolute atomic E-state index is 8.97. The Morgan fingerprint density at radius 2 is 2.20 bits per heavy atom. The Labute approximate surface area is 91.8 Å². The van der Waals surface area contributed by atoms with Crippen molar-refractivity contribution >= 4 is 0 Å². The molecule has 0 unspecified atom stereocenters. The number of aliphatic hydroxyl groups is 1. The Bertz CT molecular complexity index is 299. The van der Waals surface area contributed by atoms with Gasteiger partial charge < -0.3 is 5.11 Å². The molecule has 3 nitrogen and oxygen atoms in total. The Morgan fingerprint density at radius 3 is 2.73 bits per heavy atom. The molecule has 0 amide bonds. The molecule has 0 spiro atoms. The molecule has 1 N–H and O–H groups in total. The van der Waals surface area contributed by atoms with Crippen LogP contribution in [0.25, 0.3) is 0 Å². The molecule has 1 aromatic heterocycles. The maximum Gasteiger partial charge on any atom is 0.0573 e. The molecule has 0 radical (unpaired) electrons. The number of nitrogens with zero attached hydrogens (tertiary/aromatic N) is 2. The molecule has 0 bridgehead atoms. The van der Waals surface area contributed by atoms with Crippen LogP contribution in [0.5, 0.6) is 0 Å². The van der Waals surface area contributed by atoms with Crippen molar-refractivity contribution in [1.29, 1.82) is 0 Å². The number of aromatic nitrogens is 1. The minimum absolute atomic E-state index is 0.198. The Balaban J connectivity index is 2.69. The summed E-state index contributed by atoms with van der Waals surface area (Å²) in [6.45, 7) is 8.05. The van der Waals surface area contributed by atoms with Gasteiger partial charge in [0.1, 0.15) is 0 Å². The van der Waals surface area contributed by atoms with Gasteiger partial charge in [-0.3, -0.25) is 9.88 Å². The first-order chi connectivity index (χ1) is 7.15. The van der Waals surface area contributed by atoms with Crippen molar-refractivity contribution in [1.82, 2.24) is 9.88 Å². The van der Waals surface area contributed by atoms with Crippen LogP contribution < -0.4 is 0 Å². The van der Waals surface area contributed by atoms with Crippen LogP contribution in [0.1, 0.15) is 25.1 Å². The number of aliphatic hydroxyl groups excluding tert-OH is 1. The summed E-state index contributed by atoms with van der Waals surface area (Å²) in [5, 5.41) is 8.97. The average molecular weight is 208 g/mol. The van der Waals surface area contributed by atoms with E-state index in [-0.39, 0.29) is 6.61 Å². The van der Waals surface area contributed by atoms with E-state index in [1.54, 1.807) is 0 Å². The van der Waals surface area contributed by atoms with Crippen LogP contribution in [0.3, 0.4) is 0 Å². The van der Waals surface area contributed by atoms with Gasteiger partial charge in [0.25, 0.3) is 0 Å². The van der Waals surface area contributed by atoms with Crippen LogP contribution in [0, 0.1) is 6.92 Å². The first-order valence-electron chi connectivity index (χ1n) is 5.40. The zero-order chi connectivity index (χ0) is 11.3. The highest BCUT2D eigenvalue weighted by atomic mass is 16.3. The molecule has 0 saturated heterocycles. The highest BCUT2D eigenvalue weighted by molar-refractivity contribution is 5.17. The summed E-state index contributed by atoms with van der Waals surface area (Å²) in [6, 6.07) is 4.45.